The summed E-state index contributed by atoms with van der Waals surface area (Å²) in [6, 6.07) is -8.48. The summed E-state index contributed by atoms with van der Waals surface area (Å²) in [6.07, 6.45) is 3.22. The van der Waals surface area contributed by atoms with Gasteiger partial charge in [0.1, 0.15) is 36.3 Å². The molecule has 4 N–H and O–H groups in total. The van der Waals surface area contributed by atoms with Crippen LogP contribution in [0.25, 0.3) is 0 Å². The van der Waals surface area contributed by atoms with Gasteiger partial charge in [0.15, 0.2) is 12.1 Å². The zero-order valence-corrected chi connectivity index (χ0v) is 50.3. The molecule has 2 fully saturated rings. The fourth-order valence-electron chi connectivity index (χ4n) is 11.1. The summed E-state index contributed by atoms with van der Waals surface area (Å²) in [7, 11) is 5.68. The highest BCUT2D eigenvalue weighted by Crippen LogP contribution is 2.28. The molecule has 13 atom stereocenters. The van der Waals surface area contributed by atoms with Crippen molar-refractivity contribution >= 4 is 53.2 Å². The van der Waals surface area contributed by atoms with Crippen molar-refractivity contribution in [3.05, 3.63) is 0 Å². The van der Waals surface area contributed by atoms with E-state index < -0.39 is 137 Å². The third-order valence-electron chi connectivity index (χ3n) is 15.9. The molecule has 0 bridgehead atoms. The Morgan fingerprint density at radius 3 is 1.57 bits per heavy atom. The van der Waals surface area contributed by atoms with Crippen LogP contribution in [0.5, 0.6) is 0 Å². The first-order chi connectivity index (χ1) is 35.2. The minimum Gasteiger partial charge on any atom is -0.450 e. The molecule has 0 radical (unpaired) electrons. The number of esters is 1. The topological polar surface area (TPSA) is 235 Å². The van der Waals surface area contributed by atoms with E-state index in [1.54, 1.807) is 41.5 Å². The molecule has 0 spiro atoms. The number of amides is 8. The molecule has 0 saturated carbocycles. The maximum Gasteiger partial charge on any atom is 0.332 e. The maximum absolute atomic E-state index is 14.8. The lowest BCUT2D eigenvalue weighted by Gasteiger charge is -2.39. The van der Waals surface area contributed by atoms with Crippen LogP contribution in [0.4, 0.5) is 0 Å². The highest BCUT2D eigenvalue weighted by atomic mass is 16.6. The first-order valence-electron chi connectivity index (χ1n) is 28.3. The number of aliphatic hydroxyl groups is 1. The summed E-state index contributed by atoms with van der Waals surface area (Å²) < 4.78 is 6.08. The Morgan fingerprint density at radius 1 is 0.592 bits per heavy atom. The minimum atomic E-state index is -1.95. The fourth-order valence-corrected chi connectivity index (χ4v) is 11.1. The summed E-state index contributed by atoms with van der Waals surface area (Å²) in [5, 5.41) is 20.4. The molecule has 2 aliphatic rings. The van der Waals surface area contributed by atoms with Crippen molar-refractivity contribution in [2.45, 2.75) is 223 Å². The highest BCUT2D eigenvalue weighted by molar-refractivity contribution is 5.98. The monoisotopic (exact) mass is 1070 g/mol. The Morgan fingerprint density at radius 2 is 1.09 bits per heavy atom. The molecule has 10 unspecified atom stereocenters. The van der Waals surface area contributed by atoms with Gasteiger partial charge in [-0.3, -0.25) is 38.4 Å². The number of hydrogen-bond acceptors (Lipinski definition) is 11. The molecule has 8 amide bonds. The van der Waals surface area contributed by atoms with E-state index in [1.165, 1.54) is 61.6 Å². The van der Waals surface area contributed by atoms with Crippen molar-refractivity contribution in [2.75, 3.05) is 41.3 Å². The Bertz CT molecular complexity index is 1990. The standard InChI is InChI=1S/C57H102N8O11/c1-21-35(10)28-36(11)29-37(12)30-41-52(70)61(17)31-43(66)65-26-24-25-42(65)49(67)60-44(38(13)22-2)54(72)62(18)45(33(6)7)50(68)58-40(27-32(4)5)53(71)64(20)48(57(15,16)75)56(74)76-47(39(14)23-3)55(73)63(19)46(34(8)9)51(69)59-41/h32-42,44-48,75H,21-31H2,1-20H3,(H,58,68)(H,59,69)(H,60,67)/t35-,36-,37-,38?,39?,40?,41?,42?,44?,45?,46?,47?,48?/m1/s1. The van der Waals surface area contributed by atoms with Gasteiger partial charge in [-0.25, -0.2) is 4.79 Å². The number of nitrogens with one attached hydrogen (secondary N) is 3. The van der Waals surface area contributed by atoms with Gasteiger partial charge in [-0.1, -0.05) is 110 Å². The molecule has 436 valence electrons. The van der Waals surface area contributed by atoms with Gasteiger partial charge < -0.3 is 50.3 Å². The fraction of sp³-hybridized carbons (Fsp3) is 0.842. The van der Waals surface area contributed by atoms with Crippen LogP contribution in [0, 0.1) is 47.3 Å². The van der Waals surface area contributed by atoms with Crippen LogP contribution in [0.3, 0.4) is 0 Å². The summed E-state index contributed by atoms with van der Waals surface area (Å²) in [5.41, 5.74) is -1.95. The minimum absolute atomic E-state index is 0.0564. The molecule has 2 heterocycles. The quantitative estimate of drug-likeness (QED) is 0.150. The van der Waals surface area contributed by atoms with E-state index in [1.807, 2.05) is 34.6 Å². The lowest BCUT2D eigenvalue weighted by atomic mass is 9.86. The molecule has 0 aromatic carbocycles. The lowest BCUT2D eigenvalue weighted by Crippen LogP contribution is -2.63. The van der Waals surface area contributed by atoms with E-state index in [0.717, 1.165) is 24.2 Å². The van der Waals surface area contributed by atoms with E-state index in [2.05, 4.69) is 36.7 Å². The first-order valence-corrected chi connectivity index (χ1v) is 28.3. The summed E-state index contributed by atoms with van der Waals surface area (Å²) in [4.78, 5) is 138. The predicted molar refractivity (Wildman–Crippen MR) is 294 cm³/mol. The smallest absolute Gasteiger partial charge is 0.332 e. The normalized spacial score (nSPS) is 27.5. The van der Waals surface area contributed by atoms with Crippen molar-refractivity contribution in [1.29, 1.82) is 0 Å². The predicted octanol–water partition coefficient (Wildman–Crippen LogP) is 5.01. The average Bonchev–Trinajstić information content (AvgIpc) is 3.82. The van der Waals surface area contributed by atoms with Crippen molar-refractivity contribution in [1.82, 2.24) is 40.4 Å². The number of hydrogen-bond donors (Lipinski definition) is 4. The number of ether oxygens (including phenoxy) is 1. The third-order valence-corrected chi connectivity index (χ3v) is 15.9. The SMILES string of the molecule is CCC(C)C1NC(=O)C2CCCN2C(=O)CN(C)C(=O)C(C[C@H](C)C[C@H](C)C[C@H](C)CC)NC(=O)C(C(C)C)N(C)C(=O)C(C(C)CC)OC(=O)C(C(C)(C)O)N(C)C(=O)C(CC(C)C)NC(=O)C(C(C)C)N(C)C1=O. The number of rotatable bonds is 16. The summed E-state index contributed by atoms with van der Waals surface area (Å²) in [5.74, 6) is -7.48. The zero-order valence-electron chi connectivity index (χ0n) is 50.3. The van der Waals surface area contributed by atoms with Crippen LogP contribution < -0.4 is 16.0 Å². The van der Waals surface area contributed by atoms with E-state index in [-0.39, 0.29) is 31.2 Å². The lowest BCUT2D eigenvalue weighted by molar-refractivity contribution is -0.177. The van der Waals surface area contributed by atoms with Crippen LogP contribution >= 0.6 is 0 Å². The van der Waals surface area contributed by atoms with Gasteiger partial charge >= 0.3 is 5.97 Å². The zero-order chi connectivity index (χ0) is 58.4. The van der Waals surface area contributed by atoms with Gasteiger partial charge in [-0.05, 0) is 100 Å². The second-order valence-electron chi connectivity index (χ2n) is 24.5. The first kappa shape index (κ1) is 67.3. The molecule has 2 aliphatic heterocycles. The second kappa shape index (κ2) is 29.8. The molecule has 2 saturated heterocycles. The van der Waals surface area contributed by atoms with Gasteiger partial charge in [0.05, 0.1) is 12.1 Å². The Kier molecular flexibility index (Phi) is 26.4. The van der Waals surface area contributed by atoms with Crippen LogP contribution in [-0.2, 0) is 47.9 Å². The van der Waals surface area contributed by atoms with Crippen molar-refractivity contribution in [2.24, 2.45) is 47.3 Å². The van der Waals surface area contributed by atoms with Gasteiger partial charge in [0, 0.05) is 40.7 Å². The van der Waals surface area contributed by atoms with Crippen LogP contribution in [-0.4, -0.2) is 178 Å². The molecule has 0 aromatic heterocycles. The molecular formula is C57H102N8O11. The van der Waals surface area contributed by atoms with Crippen LogP contribution in [0.1, 0.15) is 169 Å². The van der Waals surface area contributed by atoms with Gasteiger partial charge in [-0.15, -0.1) is 0 Å². The largest absolute Gasteiger partial charge is 0.450 e. The molecule has 19 nitrogen and oxygen atoms in total. The highest BCUT2D eigenvalue weighted by Gasteiger charge is 2.47. The molecule has 0 aromatic rings. The second-order valence-corrected chi connectivity index (χ2v) is 24.5. The van der Waals surface area contributed by atoms with Gasteiger partial charge in [-0.2, -0.15) is 0 Å². The molecule has 0 aliphatic carbocycles. The number of likely N-dealkylation sites (N-methyl/N-ethyl adjacent to an activating group) is 4. The van der Waals surface area contributed by atoms with Crippen molar-refractivity contribution in [3.8, 4) is 0 Å². The van der Waals surface area contributed by atoms with E-state index in [9.17, 15) is 48.3 Å². The number of carbonyl (C=O) groups excluding carboxylic acids is 9. The van der Waals surface area contributed by atoms with Gasteiger partial charge in [0.2, 0.25) is 41.4 Å². The third kappa shape index (κ3) is 18.1. The Balaban J connectivity index is 2.94. The number of nitrogens with zero attached hydrogens (tertiary/aromatic N) is 5. The number of fused-ring (bicyclic) bond motifs is 1. The molecule has 76 heavy (non-hydrogen) atoms. The molecule has 2 rings (SSSR count). The van der Waals surface area contributed by atoms with E-state index in [4.69, 9.17) is 4.74 Å². The maximum atomic E-state index is 14.8. The van der Waals surface area contributed by atoms with Crippen LogP contribution in [0.2, 0.25) is 0 Å². The van der Waals surface area contributed by atoms with Crippen LogP contribution in [0.15, 0.2) is 0 Å². The summed E-state index contributed by atoms with van der Waals surface area (Å²) in [6.45, 7) is 28.9. The molecular weight excluding hydrogens is 973 g/mol. The molecule has 19 heteroatoms. The Hall–Kier alpha value is -4.81. The average molecular weight is 1080 g/mol. The number of carbonyl (C=O) groups is 9. The summed E-state index contributed by atoms with van der Waals surface area (Å²) >= 11 is 0. The van der Waals surface area contributed by atoms with Crippen molar-refractivity contribution < 1.29 is 53.0 Å². The number of cyclic esters (lactones) is 1. The van der Waals surface area contributed by atoms with Crippen molar-refractivity contribution in [3.63, 3.8) is 0 Å². The van der Waals surface area contributed by atoms with E-state index in [0.29, 0.717) is 37.5 Å². The van der Waals surface area contributed by atoms with Gasteiger partial charge in [0.25, 0.3) is 5.91 Å². The van der Waals surface area contributed by atoms with E-state index >= 15 is 0 Å². The Labute approximate surface area is 456 Å².